The maximum absolute atomic E-state index is 2.58. The van der Waals surface area contributed by atoms with Crippen LogP contribution < -0.4 is 4.90 Å². The quantitative estimate of drug-likeness (QED) is 0.262. The Morgan fingerprint density at radius 2 is 1.44 bits per heavy atom. The van der Waals surface area contributed by atoms with E-state index in [9.17, 15) is 0 Å². The van der Waals surface area contributed by atoms with E-state index in [1.54, 1.807) is 0 Å². The van der Waals surface area contributed by atoms with Gasteiger partial charge in [0, 0.05) is 36.8 Å². The number of anilines is 1. The van der Waals surface area contributed by atoms with Crippen LogP contribution in [0.25, 0.3) is 10.8 Å². The van der Waals surface area contributed by atoms with Crippen LogP contribution in [0, 0.1) is 0 Å². The number of benzene rings is 3. The van der Waals surface area contributed by atoms with Crippen LogP contribution in [0.3, 0.4) is 0 Å². The average Bonchev–Trinajstić information content (AvgIpc) is 3.13. The van der Waals surface area contributed by atoms with Gasteiger partial charge < -0.3 is 9.80 Å². The highest BCUT2D eigenvalue weighted by Gasteiger charge is 2.32. The maximum Gasteiger partial charge on any atom is 0.221 e. The molecule has 3 heteroatoms. The number of hydrogen-bond donors (Lipinski definition) is 0. The third kappa shape index (κ3) is 4.59. The highest BCUT2D eigenvalue weighted by molar-refractivity contribution is 6.22. The monoisotopic (exact) mass is 428 g/mol. The molecular weight excluding hydrogens is 390 g/mol. The zero-order valence-corrected chi connectivity index (χ0v) is 20.3. The molecule has 0 N–H and O–H groups in total. The van der Waals surface area contributed by atoms with Crippen molar-refractivity contribution in [1.29, 1.82) is 0 Å². The van der Waals surface area contributed by atoms with Gasteiger partial charge >= 0.3 is 0 Å². The lowest BCUT2D eigenvalue weighted by molar-refractivity contribution is -0.436. The van der Waals surface area contributed by atoms with E-state index in [4.69, 9.17) is 0 Å². The highest BCUT2D eigenvalue weighted by atomic mass is 15.1. The van der Waals surface area contributed by atoms with Crippen molar-refractivity contribution in [3.8, 4) is 0 Å². The summed E-state index contributed by atoms with van der Waals surface area (Å²) in [5.74, 6) is 0. The van der Waals surface area contributed by atoms with E-state index in [-0.39, 0.29) is 0 Å². The molecule has 0 amide bonds. The van der Waals surface area contributed by atoms with E-state index in [1.165, 1.54) is 71.2 Å². The Bertz CT molecular complexity index is 1070. The van der Waals surface area contributed by atoms with Crippen molar-refractivity contribution in [2.75, 3.05) is 45.2 Å². The van der Waals surface area contributed by atoms with Crippen LogP contribution in [-0.2, 0) is 0 Å². The van der Waals surface area contributed by atoms with E-state index < -0.39 is 0 Å². The van der Waals surface area contributed by atoms with Crippen molar-refractivity contribution in [1.82, 2.24) is 4.90 Å². The fourth-order valence-electron chi connectivity index (χ4n) is 5.02. The van der Waals surface area contributed by atoms with Gasteiger partial charge in [0.15, 0.2) is 0 Å². The Morgan fingerprint density at radius 1 is 0.750 bits per heavy atom. The van der Waals surface area contributed by atoms with E-state index in [2.05, 4.69) is 103 Å². The molecule has 32 heavy (non-hydrogen) atoms. The first-order chi connectivity index (χ1) is 15.6. The Morgan fingerprint density at radius 3 is 2.12 bits per heavy atom. The molecule has 0 aromatic heterocycles. The van der Waals surface area contributed by atoms with E-state index >= 15 is 0 Å². The molecular formula is C29H38N3+. The summed E-state index contributed by atoms with van der Waals surface area (Å²) in [6.07, 6.45) is 5.09. The van der Waals surface area contributed by atoms with Gasteiger partial charge in [0.05, 0.1) is 10.9 Å². The van der Waals surface area contributed by atoms with Crippen LogP contribution in [-0.4, -0.2) is 55.5 Å². The summed E-state index contributed by atoms with van der Waals surface area (Å²) < 4.78 is 2.58. The van der Waals surface area contributed by atoms with Crippen molar-refractivity contribution in [3.05, 3.63) is 71.8 Å². The molecule has 0 spiro atoms. The highest BCUT2D eigenvalue weighted by Crippen LogP contribution is 2.37. The molecule has 3 aromatic rings. The van der Waals surface area contributed by atoms with Crippen LogP contribution in [0.15, 0.2) is 60.7 Å². The number of hydrogen-bond acceptors (Lipinski definition) is 2. The van der Waals surface area contributed by atoms with Crippen LogP contribution in [0.4, 0.5) is 11.4 Å². The molecule has 1 heterocycles. The molecule has 0 saturated heterocycles. The number of rotatable bonds is 11. The van der Waals surface area contributed by atoms with Crippen LogP contribution >= 0.6 is 0 Å². The van der Waals surface area contributed by atoms with Gasteiger partial charge in [-0.1, -0.05) is 30.7 Å². The molecule has 0 unspecified atom stereocenters. The standard InChI is InChI=1S/C29H38N3/c1-5-31(6-2)25-19-17-24(18-20-25)29-26-15-11-13-23-14-12-16-27(28(23)26)32(29)22-10-8-7-9-21-30(3)4/h11-20H,5-10,21-22H2,1-4H3/q+1. The third-order valence-electron chi connectivity index (χ3n) is 6.70. The molecule has 0 radical (unpaired) electrons. The van der Waals surface area contributed by atoms with Crippen molar-refractivity contribution in [2.45, 2.75) is 39.5 Å². The Kier molecular flexibility index (Phi) is 7.26. The fourth-order valence-corrected chi connectivity index (χ4v) is 5.02. The molecule has 0 saturated carbocycles. The average molecular weight is 429 g/mol. The molecule has 3 aromatic carbocycles. The van der Waals surface area contributed by atoms with Crippen LogP contribution in [0.5, 0.6) is 0 Å². The van der Waals surface area contributed by atoms with Gasteiger partial charge in [-0.25, -0.2) is 0 Å². The summed E-state index contributed by atoms with van der Waals surface area (Å²) in [4.78, 5) is 4.69. The number of unbranched alkanes of at least 4 members (excludes halogenated alkanes) is 3. The lowest BCUT2D eigenvalue weighted by Crippen LogP contribution is -2.22. The normalized spacial score (nSPS) is 12.9. The SMILES string of the molecule is CCN(CC)c1ccc(C2=[N+](CCCCCCN(C)C)c3cccc4cccc2c34)cc1. The molecule has 1 aliphatic heterocycles. The van der Waals surface area contributed by atoms with Crippen LogP contribution in [0.2, 0.25) is 0 Å². The van der Waals surface area contributed by atoms with E-state index in [0.29, 0.717) is 0 Å². The molecule has 0 aliphatic carbocycles. The minimum atomic E-state index is 1.04. The van der Waals surface area contributed by atoms with Gasteiger partial charge in [-0.15, -0.1) is 0 Å². The third-order valence-corrected chi connectivity index (χ3v) is 6.70. The Labute approximate surface area is 194 Å². The molecule has 0 fully saturated rings. The second-order valence-corrected chi connectivity index (χ2v) is 9.12. The minimum Gasteiger partial charge on any atom is -0.372 e. The van der Waals surface area contributed by atoms with Crippen molar-refractivity contribution in [3.63, 3.8) is 0 Å². The Balaban J connectivity index is 1.64. The van der Waals surface area contributed by atoms with Gasteiger partial charge in [-0.05, 0) is 83.0 Å². The minimum absolute atomic E-state index is 1.04. The summed E-state index contributed by atoms with van der Waals surface area (Å²) in [6, 6.07) is 22.7. The maximum atomic E-state index is 2.58. The largest absolute Gasteiger partial charge is 0.372 e. The fraction of sp³-hybridized carbons (Fsp3) is 0.414. The molecule has 0 atom stereocenters. The van der Waals surface area contributed by atoms with E-state index in [0.717, 1.165) is 19.6 Å². The van der Waals surface area contributed by atoms with Gasteiger partial charge in [0.25, 0.3) is 0 Å². The summed E-state index contributed by atoms with van der Waals surface area (Å²) in [5, 5.41) is 2.75. The number of nitrogens with zero attached hydrogens (tertiary/aromatic N) is 3. The van der Waals surface area contributed by atoms with Gasteiger partial charge in [0.1, 0.15) is 6.54 Å². The summed E-state index contributed by atoms with van der Waals surface area (Å²) >= 11 is 0. The Hall–Kier alpha value is -2.65. The predicted molar refractivity (Wildman–Crippen MR) is 139 cm³/mol. The van der Waals surface area contributed by atoms with Crippen molar-refractivity contribution >= 4 is 27.9 Å². The second-order valence-electron chi connectivity index (χ2n) is 9.12. The first kappa shape index (κ1) is 22.5. The smallest absolute Gasteiger partial charge is 0.221 e. The molecule has 4 rings (SSSR count). The summed E-state index contributed by atoms with van der Waals surface area (Å²) in [6.45, 7) is 8.78. The lowest BCUT2D eigenvalue weighted by Gasteiger charge is -2.21. The first-order valence-corrected chi connectivity index (χ1v) is 12.3. The summed E-state index contributed by atoms with van der Waals surface area (Å²) in [5.41, 5.74) is 6.74. The molecule has 168 valence electrons. The van der Waals surface area contributed by atoms with Crippen LogP contribution in [0.1, 0.15) is 50.7 Å². The molecule has 1 aliphatic rings. The summed E-state index contributed by atoms with van der Waals surface area (Å²) in [7, 11) is 4.32. The molecule has 3 nitrogen and oxygen atoms in total. The zero-order valence-electron chi connectivity index (χ0n) is 20.3. The lowest BCUT2D eigenvalue weighted by atomic mass is 9.98. The van der Waals surface area contributed by atoms with Gasteiger partial charge in [-0.2, -0.15) is 4.58 Å². The van der Waals surface area contributed by atoms with Gasteiger partial charge in [-0.3, -0.25) is 0 Å². The molecule has 0 bridgehead atoms. The van der Waals surface area contributed by atoms with Crippen molar-refractivity contribution < 1.29 is 4.58 Å². The zero-order chi connectivity index (χ0) is 22.5. The van der Waals surface area contributed by atoms with E-state index in [1.807, 2.05) is 0 Å². The van der Waals surface area contributed by atoms with Crippen molar-refractivity contribution in [2.24, 2.45) is 0 Å². The predicted octanol–water partition coefficient (Wildman–Crippen LogP) is 6.30. The van der Waals surface area contributed by atoms with Gasteiger partial charge in [0.2, 0.25) is 11.4 Å². The second kappa shape index (κ2) is 10.3. The topological polar surface area (TPSA) is 9.49 Å². The first-order valence-electron chi connectivity index (χ1n) is 12.3.